The molecule has 2 aromatic rings. The fourth-order valence-electron chi connectivity index (χ4n) is 3.31. The van der Waals surface area contributed by atoms with Crippen molar-refractivity contribution in [3.05, 3.63) is 59.7 Å². The average molecular weight is 295 g/mol. The van der Waals surface area contributed by atoms with Gasteiger partial charge in [-0.1, -0.05) is 50.2 Å². The molecule has 2 nitrogen and oxygen atoms in total. The minimum atomic E-state index is -0.0119. The zero-order chi connectivity index (χ0) is 15.6. The van der Waals surface area contributed by atoms with Gasteiger partial charge >= 0.3 is 0 Å². The summed E-state index contributed by atoms with van der Waals surface area (Å²) < 4.78 is 5.59. The first-order valence-electron chi connectivity index (χ1n) is 8.12. The van der Waals surface area contributed by atoms with Crippen LogP contribution < -0.4 is 9.64 Å². The van der Waals surface area contributed by atoms with E-state index in [0.717, 1.165) is 18.8 Å². The highest BCUT2D eigenvalue weighted by atomic mass is 16.5. The predicted octanol–water partition coefficient (Wildman–Crippen LogP) is 4.62. The lowest BCUT2D eigenvalue weighted by Gasteiger charge is -2.29. The molecule has 22 heavy (non-hydrogen) atoms. The maximum atomic E-state index is 5.59. The van der Waals surface area contributed by atoms with Crippen molar-refractivity contribution in [2.75, 3.05) is 25.1 Å². The summed E-state index contributed by atoms with van der Waals surface area (Å²) in [5.41, 5.74) is 3.90. The molecule has 0 N–H and O–H groups in total. The van der Waals surface area contributed by atoms with Crippen LogP contribution in [0.3, 0.4) is 0 Å². The Kier molecular flexibility index (Phi) is 4.10. The number of benzene rings is 2. The predicted molar refractivity (Wildman–Crippen MR) is 93.0 cm³/mol. The summed E-state index contributed by atoms with van der Waals surface area (Å²) in [5, 5.41) is 0. The van der Waals surface area contributed by atoms with E-state index in [9.17, 15) is 0 Å². The molecule has 0 bridgehead atoms. The van der Waals surface area contributed by atoms with Crippen LogP contribution >= 0.6 is 0 Å². The molecule has 1 saturated heterocycles. The molecule has 0 spiro atoms. The number of nitrogens with zero attached hydrogens (tertiary/aromatic N) is 1. The first-order chi connectivity index (χ1) is 10.6. The SMILES string of the molecule is COc1ccc(C(C)(C)c2ccccc2)cc1N1CCCC1. The summed E-state index contributed by atoms with van der Waals surface area (Å²) in [7, 11) is 1.76. The number of rotatable bonds is 4. The van der Waals surface area contributed by atoms with Gasteiger partial charge in [0.1, 0.15) is 5.75 Å². The lowest BCUT2D eigenvalue weighted by Crippen LogP contribution is -2.22. The van der Waals surface area contributed by atoms with Gasteiger partial charge in [0.25, 0.3) is 0 Å². The smallest absolute Gasteiger partial charge is 0.142 e. The first-order valence-corrected chi connectivity index (χ1v) is 8.12. The third kappa shape index (κ3) is 2.70. The average Bonchev–Trinajstić information content (AvgIpc) is 3.09. The van der Waals surface area contributed by atoms with Crippen LogP contribution in [-0.2, 0) is 5.41 Å². The molecule has 0 atom stereocenters. The molecule has 3 rings (SSSR count). The molecule has 1 aliphatic rings. The van der Waals surface area contributed by atoms with E-state index in [4.69, 9.17) is 4.74 Å². The van der Waals surface area contributed by atoms with E-state index in [2.05, 4.69) is 67.3 Å². The molecule has 0 aliphatic carbocycles. The van der Waals surface area contributed by atoms with Crippen LogP contribution in [0.2, 0.25) is 0 Å². The van der Waals surface area contributed by atoms with E-state index in [0.29, 0.717) is 0 Å². The fraction of sp³-hybridized carbons (Fsp3) is 0.400. The molecular formula is C20H25NO. The number of methoxy groups -OCH3 is 1. The molecule has 2 aromatic carbocycles. The van der Waals surface area contributed by atoms with Crippen molar-refractivity contribution in [2.45, 2.75) is 32.1 Å². The summed E-state index contributed by atoms with van der Waals surface area (Å²) in [4.78, 5) is 2.45. The van der Waals surface area contributed by atoms with Crippen LogP contribution in [0.25, 0.3) is 0 Å². The molecule has 0 saturated carbocycles. The summed E-state index contributed by atoms with van der Waals surface area (Å²) in [6.45, 7) is 6.84. The number of hydrogen-bond donors (Lipinski definition) is 0. The maximum Gasteiger partial charge on any atom is 0.142 e. The standard InChI is InChI=1S/C20H25NO/c1-20(2,16-9-5-4-6-10-16)17-11-12-19(22-3)18(15-17)21-13-7-8-14-21/h4-6,9-12,15H,7-8,13-14H2,1-3H3. The molecule has 1 fully saturated rings. The molecule has 116 valence electrons. The maximum absolute atomic E-state index is 5.59. The van der Waals surface area contributed by atoms with Crippen LogP contribution in [0.5, 0.6) is 5.75 Å². The van der Waals surface area contributed by atoms with Gasteiger partial charge in [-0.25, -0.2) is 0 Å². The Bertz CT molecular complexity index is 627. The quantitative estimate of drug-likeness (QED) is 0.816. The number of ether oxygens (including phenoxy) is 1. The van der Waals surface area contributed by atoms with Crippen LogP contribution in [-0.4, -0.2) is 20.2 Å². The van der Waals surface area contributed by atoms with Crippen LogP contribution in [0.15, 0.2) is 48.5 Å². The second-order valence-electron chi connectivity index (χ2n) is 6.57. The van der Waals surface area contributed by atoms with Crippen molar-refractivity contribution < 1.29 is 4.74 Å². The summed E-state index contributed by atoms with van der Waals surface area (Å²) in [6.07, 6.45) is 2.55. The molecule has 0 aromatic heterocycles. The Hall–Kier alpha value is -1.96. The van der Waals surface area contributed by atoms with Gasteiger partial charge in [0.2, 0.25) is 0 Å². The fourth-order valence-corrected chi connectivity index (χ4v) is 3.31. The van der Waals surface area contributed by atoms with Crippen molar-refractivity contribution in [3.63, 3.8) is 0 Å². The Labute approximate surface area is 133 Å². The largest absolute Gasteiger partial charge is 0.495 e. The lowest BCUT2D eigenvalue weighted by molar-refractivity contribution is 0.414. The molecule has 0 unspecified atom stereocenters. The Balaban J connectivity index is 2.02. The van der Waals surface area contributed by atoms with E-state index >= 15 is 0 Å². The van der Waals surface area contributed by atoms with Crippen LogP contribution in [0.4, 0.5) is 5.69 Å². The van der Waals surface area contributed by atoms with E-state index in [1.807, 2.05) is 0 Å². The van der Waals surface area contributed by atoms with E-state index in [-0.39, 0.29) is 5.41 Å². The lowest BCUT2D eigenvalue weighted by atomic mass is 9.78. The summed E-state index contributed by atoms with van der Waals surface area (Å²) >= 11 is 0. The monoisotopic (exact) mass is 295 g/mol. The van der Waals surface area contributed by atoms with E-state index in [1.54, 1.807) is 7.11 Å². The molecule has 1 aliphatic heterocycles. The molecular weight excluding hydrogens is 270 g/mol. The Morgan fingerprint density at radius 3 is 2.23 bits per heavy atom. The van der Waals surface area contributed by atoms with Gasteiger partial charge in [0, 0.05) is 18.5 Å². The van der Waals surface area contributed by atoms with Gasteiger partial charge in [-0.15, -0.1) is 0 Å². The van der Waals surface area contributed by atoms with Gasteiger partial charge in [-0.05, 0) is 36.1 Å². The third-order valence-corrected chi connectivity index (χ3v) is 4.84. The number of anilines is 1. The van der Waals surface area contributed by atoms with Crippen molar-refractivity contribution >= 4 is 5.69 Å². The van der Waals surface area contributed by atoms with Gasteiger partial charge in [-0.3, -0.25) is 0 Å². The first kappa shape index (κ1) is 15.0. The zero-order valence-electron chi connectivity index (χ0n) is 13.8. The van der Waals surface area contributed by atoms with E-state index in [1.165, 1.54) is 29.7 Å². The van der Waals surface area contributed by atoms with Gasteiger partial charge < -0.3 is 9.64 Å². The molecule has 1 heterocycles. The molecule has 2 heteroatoms. The number of hydrogen-bond acceptors (Lipinski definition) is 2. The normalized spacial score (nSPS) is 15.1. The second-order valence-corrected chi connectivity index (χ2v) is 6.57. The van der Waals surface area contributed by atoms with Crippen LogP contribution in [0, 0.1) is 0 Å². The Morgan fingerprint density at radius 2 is 1.59 bits per heavy atom. The highest BCUT2D eigenvalue weighted by Crippen LogP contribution is 2.38. The molecule has 0 radical (unpaired) electrons. The second kappa shape index (κ2) is 6.04. The van der Waals surface area contributed by atoms with Crippen molar-refractivity contribution in [1.82, 2.24) is 0 Å². The van der Waals surface area contributed by atoms with Gasteiger partial charge in [0.05, 0.1) is 12.8 Å². The van der Waals surface area contributed by atoms with E-state index < -0.39 is 0 Å². The summed E-state index contributed by atoms with van der Waals surface area (Å²) in [6, 6.07) is 17.4. The Morgan fingerprint density at radius 1 is 0.909 bits per heavy atom. The molecule has 0 amide bonds. The van der Waals surface area contributed by atoms with Crippen molar-refractivity contribution in [1.29, 1.82) is 0 Å². The highest BCUT2D eigenvalue weighted by Gasteiger charge is 2.25. The summed E-state index contributed by atoms with van der Waals surface area (Å²) in [5.74, 6) is 0.981. The topological polar surface area (TPSA) is 12.5 Å². The van der Waals surface area contributed by atoms with Gasteiger partial charge in [0.15, 0.2) is 0 Å². The minimum Gasteiger partial charge on any atom is -0.495 e. The minimum absolute atomic E-state index is 0.0119. The van der Waals surface area contributed by atoms with Crippen molar-refractivity contribution in [2.24, 2.45) is 0 Å². The zero-order valence-corrected chi connectivity index (χ0v) is 13.8. The highest BCUT2D eigenvalue weighted by molar-refractivity contribution is 5.62. The van der Waals surface area contributed by atoms with Crippen LogP contribution in [0.1, 0.15) is 37.8 Å². The van der Waals surface area contributed by atoms with Gasteiger partial charge in [-0.2, -0.15) is 0 Å². The van der Waals surface area contributed by atoms with Crippen molar-refractivity contribution in [3.8, 4) is 5.75 Å². The third-order valence-electron chi connectivity index (χ3n) is 4.84.